The molecule has 0 bridgehead atoms. The monoisotopic (exact) mass is 487 g/mol. The molecule has 1 aromatic carbocycles. The van der Waals surface area contributed by atoms with E-state index >= 15 is 0 Å². The third kappa shape index (κ3) is 5.17. The van der Waals surface area contributed by atoms with Crippen molar-refractivity contribution in [1.82, 2.24) is 19.9 Å². The highest BCUT2D eigenvalue weighted by atomic mass is 35.5. The zero-order chi connectivity index (χ0) is 28.0. The molecule has 0 saturated carbocycles. The number of fused-ring (bicyclic) bond motifs is 1. The summed E-state index contributed by atoms with van der Waals surface area (Å²) in [6.45, 7) is 2.05. The smallest absolute Gasteiger partial charge is 0.293 e. The van der Waals surface area contributed by atoms with Gasteiger partial charge in [-0.05, 0) is 42.0 Å². The van der Waals surface area contributed by atoms with E-state index in [0.717, 1.165) is 5.56 Å². The van der Waals surface area contributed by atoms with E-state index in [2.05, 4.69) is 10.3 Å². The zero-order valence-corrected chi connectivity index (χ0v) is 20.3. The molecule has 3 heterocycles. The van der Waals surface area contributed by atoms with Gasteiger partial charge in [-0.3, -0.25) is 9.59 Å². The van der Waals surface area contributed by atoms with Gasteiger partial charge in [0.1, 0.15) is 0 Å². The van der Waals surface area contributed by atoms with Crippen molar-refractivity contribution in [2.45, 2.75) is 26.6 Å². The Bertz CT molecular complexity index is 1430. The quantitative estimate of drug-likeness (QED) is 0.574. The molecule has 3 aromatic rings. The Labute approximate surface area is 209 Å². The maximum atomic E-state index is 12.7. The summed E-state index contributed by atoms with van der Waals surface area (Å²) in [6.07, 6.45) is 0.650. The highest BCUT2D eigenvalue weighted by molar-refractivity contribution is 6.31. The lowest BCUT2D eigenvalue weighted by atomic mass is 9.92. The predicted molar refractivity (Wildman–Crippen MR) is 134 cm³/mol. The fourth-order valence-corrected chi connectivity index (χ4v) is 4.35. The van der Waals surface area contributed by atoms with Crippen LogP contribution < -0.4 is 20.5 Å². The van der Waals surface area contributed by atoms with Crippen LogP contribution in [0, 0.1) is 11.8 Å². The maximum Gasteiger partial charge on any atom is 0.293 e. The fraction of sp³-hybridized carbons (Fsp3) is 0.440. The number of anilines is 1. The normalized spacial score (nSPS) is 21.9. The molecule has 1 fully saturated rings. The number of aromatic nitrogens is 3. The van der Waals surface area contributed by atoms with Crippen molar-refractivity contribution in [3.05, 3.63) is 57.1 Å². The second-order valence-corrected chi connectivity index (χ2v) is 8.97. The molecule has 0 spiro atoms. The van der Waals surface area contributed by atoms with Crippen molar-refractivity contribution in [2.75, 3.05) is 31.6 Å². The molecule has 0 unspecified atom stereocenters. The Hall–Kier alpha value is -3.13. The number of carbonyl (C=O) groups is 1. The van der Waals surface area contributed by atoms with Gasteiger partial charge in [0.25, 0.3) is 11.5 Å². The van der Waals surface area contributed by atoms with Crippen LogP contribution in [0.4, 0.5) is 5.95 Å². The van der Waals surface area contributed by atoms with E-state index in [1.165, 1.54) is 17.7 Å². The third-order valence-corrected chi connectivity index (χ3v) is 6.07. The van der Waals surface area contributed by atoms with Crippen molar-refractivity contribution in [2.24, 2.45) is 18.9 Å². The molecule has 180 valence electrons. The van der Waals surface area contributed by atoms with Gasteiger partial charge in [-0.2, -0.15) is 0 Å². The summed E-state index contributed by atoms with van der Waals surface area (Å²) in [5.41, 5.74) is 1.46. The average molecular weight is 488 g/mol. The van der Waals surface area contributed by atoms with Crippen LogP contribution in [0.5, 0.6) is 5.75 Å². The first-order chi connectivity index (χ1) is 17.7. The van der Waals surface area contributed by atoms with Gasteiger partial charge >= 0.3 is 0 Å². The second kappa shape index (κ2) is 10.0. The highest BCUT2D eigenvalue weighted by Crippen LogP contribution is 2.27. The highest BCUT2D eigenvalue weighted by Gasteiger charge is 2.24. The van der Waals surface area contributed by atoms with Crippen molar-refractivity contribution >= 4 is 34.4 Å². The maximum absolute atomic E-state index is 12.7. The zero-order valence-electron chi connectivity index (χ0n) is 23.6. The van der Waals surface area contributed by atoms with Gasteiger partial charge in [-0.25, -0.2) is 9.97 Å². The number of ether oxygens (including phenoxy) is 1. The number of amides is 1. The number of nitrogens with one attached hydrogen (secondary N) is 1. The van der Waals surface area contributed by atoms with Crippen LogP contribution in [0.3, 0.4) is 0 Å². The largest absolute Gasteiger partial charge is 0.478 e. The predicted octanol–water partition coefficient (Wildman–Crippen LogP) is 3.18. The number of carbonyl (C=O) groups excluding carboxylic acids is 1. The van der Waals surface area contributed by atoms with E-state index in [4.69, 9.17) is 26.8 Å². The molecule has 1 aliphatic rings. The summed E-state index contributed by atoms with van der Waals surface area (Å²) >= 11 is 6.44. The van der Waals surface area contributed by atoms with Gasteiger partial charge in [-0.15, -0.1) is 0 Å². The lowest BCUT2D eigenvalue weighted by Crippen LogP contribution is -2.39. The molecule has 1 saturated heterocycles. The number of likely N-dealkylation sites (N-methyl/N-ethyl adjacent to an activating group) is 1. The molecule has 8 nitrogen and oxygen atoms in total. The topological polar surface area (TPSA) is 89.3 Å². The first-order valence-electron chi connectivity index (χ1n) is 13.0. The molecule has 0 radical (unpaired) electrons. The SMILES string of the molecule is [2H]C([2H])(Oc1cc2cc(Cc3nc(N4C[C@@H](C)C([2H])([2H])[C@@H](C)C4)ncc3Cl)ccc2n(C)c1=O)C(=O)NC. The van der Waals surface area contributed by atoms with Crippen molar-refractivity contribution in [3.63, 3.8) is 0 Å². The van der Waals surface area contributed by atoms with Crippen molar-refractivity contribution in [1.29, 1.82) is 0 Å². The average Bonchev–Trinajstić information content (AvgIpc) is 2.86. The Balaban J connectivity index is 1.65. The van der Waals surface area contributed by atoms with Crippen LogP contribution in [0.2, 0.25) is 5.02 Å². The summed E-state index contributed by atoms with van der Waals surface area (Å²) < 4.78 is 38.8. The van der Waals surface area contributed by atoms with Crippen molar-refractivity contribution < 1.29 is 15.0 Å². The second-order valence-electron chi connectivity index (χ2n) is 8.56. The molecule has 4 rings (SSSR count). The Morgan fingerprint density at radius 3 is 2.76 bits per heavy atom. The van der Waals surface area contributed by atoms with Crippen LogP contribution in [0.25, 0.3) is 10.9 Å². The van der Waals surface area contributed by atoms with E-state index in [-0.39, 0.29) is 17.6 Å². The number of rotatable bonds is 6. The minimum atomic E-state index is -2.72. The minimum absolute atomic E-state index is 0.188. The summed E-state index contributed by atoms with van der Waals surface area (Å²) in [5, 5.41) is 3.18. The summed E-state index contributed by atoms with van der Waals surface area (Å²) in [5.74, 6) is -1.18. The van der Waals surface area contributed by atoms with E-state index in [1.807, 2.05) is 30.9 Å². The first kappa shape index (κ1) is 19.2. The van der Waals surface area contributed by atoms with Gasteiger partial charge < -0.3 is 19.5 Å². The molecule has 1 N–H and O–H groups in total. The molecule has 1 aliphatic heterocycles. The molecule has 2 atom stereocenters. The number of halogens is 1. The van der Waals surface area contributed by atoms with E-state index in [0.29, 0.717) is 47.1 Å². The number of hydrogen-bond donors (Lipinski definition) is 1. The van der Waals surface area contributed by atoms with E-state index in [1.54, 1.807) is 19.3 Å². The molecule has 2 aromatic heterocycles. The van der Waals surface area contributed by atoms with E-state index in [9.17, 15) is 9.59 Å². The summed E-state index contributed by atoms with van der Waals surface area (Å²) in [4.78, 5) is 35.7. The summed E-state index contributed by atoms with van der Waals surface area (Å²) in [6, 6.07) is 6.87. The first-order valence-corrected chi connectivity index (χ1v) is 11.4. The summed E-state index contributed by atoms with van der Waals surface area (Å²) in [7, 11) is 2.83. The van der Waals surface area contributed by atoms with Gasteiger partial charge in [0.15, 0.2) is 12.3 Å². The molecule has 34 heavy (non-hydrogen) atoms. The van der Waals surface area contributed by atoms with Gasteiger partial charge in [-0.1, -0.05) is 31.5 Å². The van der Waals surface area contributed by atoms with Crippen LogP contribution in [0.1, 0.15) is 37.0 Å². The number of nitrogens with zero attached hydrogens (tertiary/aromatic N) is 4. The third-order valence-electron chi connectivity index (χ3n) is 5.75. The van der Waals surface area contributed by atoms with Crippen LogP contribution in [-0.2, 0) is 18.3 Å². The van der Waals surface area contributed by atoms with E-state index < -0.39 is 24.4 Å². The Kier molecular flexibility index (Phi) is 5.65. The Morgan fingerprint density at radius 2 is 2.06 bits per heavy atom. The minimum Gasteiger partial charge on any atom is -0.478 e. The lowest BCUT2D eigenvalue weighted by molar-refractivity contribution is -0.122. The van der Waals surface area contributed by atoms with Crippen LogP contribution >= 0.6 is 11.6 Å². The standard InChI is InChI=1S/C25H30ClN5O3/c1-15-7-16(2)13-31(12-15)25-28-11-19(26)20(29-25)9-17-5-6-21-18(8-17)10-22(24(33)30(21)4)34-14-23(32)27-3/h5-6,8,10-11,15-16H,7,9,12-14H2,1-4H3,(H,27,32)/t15-,16+/i7D2,14D2. The number of aryl methyl sites for hydroxylation is 1. The fourth-order valence-electron chi connectivity index (χ4n) is 4.19. The number of benzene rings is 1. The van der Waals surface area contributed by atoms with Gasteiger partial charge in [0.2, 0.25) is 5.95 Å². The van der Waals surface area contributed by atoms with Gasteiger partial charge in [0.05, 0.1) is 25.2 Å². The number of piperidine rings is 1. The lowest BCUT2D eigenvalue weighted by Gasteiger charge is -2.35. The molecule has 9 heteroatoms. The van der Waals surface area contributed by atoms with Crippen molar-refractivity contribution in [3.8, 4) is 5.75 Å². The molecular weight excluding hydrogens is 454 g/mol. The van der Waals surface area contributed by atoms with Crippen LogP contribution in [0.15, 0.2) is 35.3 Å². The number of pyridine rings is 1. The molecule has 0 aliphatic carbocycles. The molecular formula is C25H30ClN5O3. The van der Waals surface area contributed by atoms with Crippen LogP contribution in [-0.4, -0.2) is 47.1 Å². The van der Waals surface area contributed by atoms with Gasteiger partial charge in [0, 0.05) is 41.7 Å². The molecule has 1 amide bonds. The Morgan fingerprint density at radius 1 is 1.32 bits per heavy atom. The number of hydrogen-bond acceptors (Lipinski definition) is 6.